The number of unbranched alkanes of at least 4 members (excludes halogenated alkanes) is 1. The predicted molar refractivity (Wildman–Crippen MR) is 106 cm³/mol. The highest BCUT2D eigenvalue weighted by Crippen LogP contribution is 2.32. The average Bonchev–Trinajstić information content (AvgIpc) is 2.66. The number of H-pyrrole nitrogens is 1. The van der Waals surface area contributed by atoms with E-state index in [1.165, 1.54) is 28.8 Å². The number of nitrogens with zero attached hydrogens (tertiary/aromatic N) is 2. The molecule has 28 heavy (non-hydrogen) atoms. The van der Waals surface area contributed by atoms with Gasteiger partial charge in [-0.15, -0.1) is 0 Å². The maximum atomic E-state index is 13.4. The van der Waals surface area contributed by atoms with Crippen molar-refractivity contribution in [1.82, 2.24) is 14.5 Å². The molecule has 2 heterocycles. The number of aldehydes is 1. The van der Waals surface area contributed by atoms with Gasteiger partial charge in [0.1, 0.15) is 5.82 Å². The summed E-state index contributed by atoms with van der Waals surface area (Å²) in [6.07, 6.45) is 2.27. The Balaban J connectivity index is 2.54. The molecular weight excluding hydrogens is 361 g/mol. The monoisotopic (exact) mass is 383 g/mol. The Morgan fingerprint density at radius 3 is 2.46 bits per heavy atom. The predicted octanol–water partition coefficient (Wildman–Crippen LogP) is 3.63. The third-order valence-corrected chi connectivity index (χ3v) is 4.73. The molecule has 3 aromatic rings. The van der Waals surface area contributed by atoms with Crippen molar-refractivity contribution in [2.24, 2.45) is 0 Å². The zero-order valence-electron chi connectivity index (χ0n) is 16.1. The molecule has 3 rings (SSSR count). The van der Waals surface area contributed by atoms with Gasteiger partial charge in [-0.3, -0.25) is 19.1 Å². The molecule has 0 unspecified atom stereocenters. The Kier molecular flexibility index (Phi) is 5.53. The van der Waals surface area contributed by atoms with Crippen molar-refractivity contribution in [1.29, 1.82) is 0 Å². The number of hydrogen-bond donors (Lipinski definition) is 1. The molecular formula is C21H22FN3O3. The van der Waals surface area contributed by atoms with Crippen LogP contribution in [0.2, 0.25) is 0 Å². The second-order valence-electron chi connectivity index (χ2n) is 7.03. The summed E-state index contributed by atoms with van der Waals surface area (Å²) < 4.78 is 14.9. The number of aromatic nitrogens is 3. The molecule has 0 atom stereocenters. The number of fused-ring (bicyclic) bond motifs is 1. The Hall–Kier alpha value is -3.09. The number of carbonyl (C=O) groups excluding carboxylic acids is 1. The summed E-state index contributed by atoms with van der Waals surface area (Å²) in [4.78, 5) is 44.0. The molecule has 6 nitrogen and oxygen atoms in total. The Morgan fingerprint density at radius 2 is 1.89 bits per heavy atom. The lowest BCUT2D eigenvalue weighted by Gasteiger charge is -2.18. The lowest BCUT2D eigenvalue weighted by Crippen LogP contribution is -2.32. The smallest absolute Gasteiger partial charge is 0.298 e. The third-order valence-electron chi connectivity index (χ3n) is 4.73. The lowest BCUT2D eigenvalue weighted by atomic mass is 9.93. The number of aromatic amines is 1. The summed E-state index contributed by atoms with van der Waals surface area (Å²) in [6.45, 7) is 6.17. The van der Waals surface area contributed by atoms with Gasteiger partial charge in [0.2, 0.25) is 0 Å². The van der Waals surface area contributed by atoms with Gasteiger partial charge in [0.05, 0.1) is 11.1 Å². The summed E-state index contributed by atoms with van der Waals surface area (Å²) in [7, 11) is 0. The van der Waals surface area contributed by atoms with E-state index in [9.17, 15) is 18.8 Å². The van der Waals surface area contributed by atoms with Crippen LogP contribution in [0.5, 0.6) is 0 Å². The van der Waals surface area contributed by atoms with E-state index in [1.807, 2.05) is 20.8 Å². The molecule has 0 aliphatic rings. The first-order valence-electron chi connectivity index (χ1n) is 9.30. The van der Waals surface area contributed by atoms with E-state index in [4.69, 9.17) is 0 Å². The second kappa shape index (κ2) is 7.88. The van der Waals surface area contributed by atoms with Crippen LogP contribution in [-0.2, 0) is 6.54 Å². The van der Waals surface area contributed by atoms with Crippen LogP contribution in [0, 0.1) is 5.82 Å². The summed E-state index contributed by atoms with van der Waals surface area (Å²) in [5, 5.41) is 0.161. The van der Waals surface area contributed by atoms with Gasteiger partial charge in [-0.1, -0.05) is 39.3 Å². The van der Waals surface area contributed by atoms with Crippen molar-refractivity contribution < 1.29 is 9.18 Å². The van der Waals surface area contributed by atoms with Gasteiger partial charge >= 0.3 is 5.69 Å². The van der Waals surface area contributed by atoms with Gasteiger partial charge in [0, 0.05) is 17.7 Å². The van der Waals surface area contributed by atoms with E-state index in [2.05, 4.69) is 9.97 Å². The molecule has 0 spiro atoms. The fourth-order valence-corrected chi connectivity index (χ4v) is 3.34. The van der Waals surface area contributed by atoms with Crippen molar-refractivity contribution >= 4 is 17.3 Å². The fraction of sp³-hybridized carbons (Fsp3) is 0.333. The van der Waals surface area contributed by atoms with Crippen molar-refractivity contribution in [3.05, 3.63) is 62.2 Å². The molecule has 0 saturated carbocycles. The molecule has 0 bridgehead atoms. The van der Waals surface area contributed by atoms with Gasteiger partial charge in [0.15, 0.2) is 11.9 Å². The van der Waals surface area contributed by atoms with Gasteiger partial charge < -0.3 is 0 Å². The Labute approximate surface area is 161 Å². The zero-order valence-corrected chi connectivity index (χ0v) is 16.1. The van der Waals surface area contributed by atoms with E-state index in [0.717, 1.165) is 12.8 Å². The fourth-order valence-electron chi connectivity index (χ4n) is 3.34. The lowest BCUT2D eigenvalue weighted by molar-refractivity contribution is 0.112. The first-order valence-corrected chi connectivity index (χ1v) is 9.30. The minimum atomic E-state index is -0.613. The molecule has 0 amide bonds. The quantitative estimate of drug-likeness (QED) is 0.659. The highest BCUT2D eigenvalue weighted by molar-refractivity contribution is 6.02. The Bertz CT molecular complexity index is 1140. The number of hydrogen-bond acceptors (Lipinski definition) is 4. The van der Waals surface area contributed by atoms with Crippen LogP contribution in [-0.4, -0.2) is 20.8 Å². The molecule has 2 aromatic heterocycles. The highest BCUT2D eigenvalue weighted by Gasteiger charge is 2.22. The van der Waals surface area contributed by atoms with Crippen LogP contribution in [0.25, 0.3) is 22.2 Å². The Morgan fingerprint density at radius 1 is 1.21 bits per heavy atom. The molecule has 146 valence electrons. The van der Waals surface area contributed by atoms with Crippen molar-refractivity contribution in [2.45, 2.75) is 46.1 Å². The zero-order chi connectivity index (χ0) is 20.4. The SMILES string of the molecule is CCCCn1c(=O)[nH]c(=O)c2c(-c3ccc(F)cc3)c(C=O)c(C(C)C)nc21. The largest absolute Gasteiger partial charge is 0.329 e. The van der Waals surface area contributed by atoms with Crippen LogP contribution in [0.15, 0.2) is 33.9 Å². The third kappa shape index (κ3) is 3.40. The molecule has 1 aromatic carbocycles. The summed E-state index contributed by atoms with van der Waals surface area (Å²) in [5.74, 6) is -0.537. The number of carbonyl (C=O) groups is 1. The van der Waals surface area contributed by atoms with Crippen LogP contribution in [0.3, 0.4) is 0 Å². The number of nitrogens with one attached hydrogen (secondary N) is 1. The molecule has 0 saturated heterocycles. The summed E-state index contributed by atoms with van der Waals surface area (Å²) in [6, 6.07) is 5.57. The first-order chi connectivity index (χ1) is 13.4. The van der Waals surface area contributed by atoms with Crippen molar-refractivity contribution in [3.8, 4) is 11.1 Å². The number of benzene rings is 1. The number of rotatable bonds is 6. The minimum Gasteiger partial charge on any atom is -0.298 e. The van der Waals surface area contributed by atoms with Crippen molar-refractivity contribution in [2.75, 3.05) is 0 Å². The minimum absolute atomic E-state index is 0.113. The van der Waals surface area contributed by atoms with Crippen LogP contribution < -0.4 is 11.2 Å². The first kappa shape index (κ1) is 19.7. The molecule has 0 fully saturated rings. The van der Waals surface area contributed by atoms with Crippen molar-refractivity contribution in [3.63, 3.8) is 0 Å². The molecule has 0 radical (unpaired) electrons. The normalized spacial score (nSPS) is 11.3. The molecule has 0 aliphatic carbocycles. The summed E-state index contributed by atoms with van der Waals surface area (Å²) in [5.41, 5.74) is 0.766. The van der Waals surface area contributed by atoms with Gasteiger partial charge in [-0.25, -0.2) is 14.2 Å². The maximum absolute atomic E-state index is 13.4. The van der Waals surface area contributed by atoms with Crippen LogP contribution >= 0.6 is 0 Å². The topological polar surface area (TPSA) is 84.8 Å². The van der Waals surface area contributed by atoms with Crippen LogP contribution in [0.4, 0.5) is 4.39 Å². The van der Waals surface area contributed by atoms with E-state index in [-0.39, 0.29) is 22.5 Å². The standard InChI is InChI=1S/C21H22FN3O3/c1-4-5-10-25-19-17(20(27)24-21(25)28)16(13-6-8-14(22)9-7-13)15(11-26)18(23-19)12(2)3/h6-9,11-12H,4-5,10H2,1-3H3,(H,24,27,28). The molecule has 1 N–H and O–H groups in total. The number of aryl methyl sites for hydroxylation is 1. The van der Waals surface area contributed by atoms with Crippen LogP contribution in [0.1, 0.15) is 55.6 Å². The molecule has 0 aliphatic heterocycles. The highest BCUT2D eigenvalue weighted by atomic mass is 19.1. The number of halogens is 1. The molecule has 7 heteroatoms. The number of pyridine rings is 1. The van der Waals surface area contributed by atoms with Gasteiger partial charge in [-0.2, -0.15) is 0 Å². The summed E-state index contributed by atoms with van der Waals surface area (Å²) >= 11 is 0. The van der Waals surface area contributed by atoms with E-state index < -0.39 is 17.1 Å². The van der Waals surface area contributed by atoms with E-state index >= 15 is 0 Å². The average molecular weight is 383 g/mol. The van der Waals surface area contributed by atoms with E-state index in [0.29, 0.717) is 29.7 Å². The van der Waals surface area contributed by atoms with Gasteiger partial charge in [0.25, 0.3) is 5.56 Å². The second-order valence-corrected chi connectivity index (χ2v) is 7.03. The maximum Gasteiger partial charge on any atom is 0.329 e. The van der Waals surface area contributed by atoms with E-state index in [1.54, 1.807) is 0 Å². The van der Waals surface area contributed by atoms with Gasteiger partial charge in [-0.05, 0) is 30.0 Å².